The van der Waals surface area contributed by atoms with Gasteiger partial charge in [0, 0.05) is 18.1 Å². The third kappa shape index (κ3) is 4.10. The normalized spacial score (nSPS) is 10.9. The average Bonchev–Trinajstić information content (AvgIpc) is 2.41. The summed E-state index contributed by atoms with van der Waals surface area (Å²) in [6, 6.07) is 5.97. The number of aromatic nitrogens is 2. The Balaban J connectivity index is 2.19. The number of sulfonamides is 1. The number of benzene rings is 1. The minimum absolute atomic E-state index is 0.0194. The van der Waals surface area contributed by atoms with Crippen LogP contribution in [0.15, 0.2) is 41.6 Å². The van der Waals surface area contributed by atoms with Crippen molar-refractivity contribution in [2.24, 2.45) is 5.73 Å². The third-order valence-corrected chi connectivity index (χ3v) is 3.88. The lowest BCUT2D eigenvalue weighted by Gasteiger charge is -2.08. The van der Waals surface area contributed by atoms with Gasteiger partial charge in [-0.2, -0.15) is 0 Å². The second-order valence-corrected chi connectivity index (χ2v) is 6.33. The molecule has 21 heavy (non-hydrogen) atoms. The maximum Gasteiger partial charge on any atom is 0.264 e. The van der Waals surface area contributed by atoms with Gasteiger partial charge in [0.2, 0.25) is 5.95 Å². The zero-order chi connectivity index (χ0) is 15.5. The van der Waals surface area contributed by atoms with Gasteiger partial charge < -0.3 is 11.1 Å². The predicted molar refractivity (Wildman–Crippen MR) is 84.4 cm³/mol. The minimum Gasteiger partial charge on any atom is -0.376 e. The molecule has 0 unspecified atom stereocenters. The highest BCUT2D eigenvalue weighted by molar-refractivity contribution is 7.92. The predicted octanol–water partition coefficient (Wildman–Crippen LogP) is 1.24. The smallest absolute Gasteiger partial charge is 0.264 e. The van der Waals surface area contributed by atoms with Gasteiger partial charge in [0.1, 0.15) is 0 Å². The van der Waals surface area contributed by atoms with Crippen LogP contribution in [0.3, 0.4) is 0 Å². The molecule has 0 aliphatic heterocycles. The molecule has 2 aromatic rings. The number of nitrogens with zero attached hydrogens (tertiary/aromatic N) is 2. The quantitative estimate of drug-likeness (QED) is 0.726. The molecule has 0 aliphatic carbocycles. The van der Waals surface area contributed by atoms with Gasteiger partial charge in [-0.1, -0.05) is 0 Å². The summed E-state index contributed by atoms with van der Waals surface area (Å²) in [5, 5.41) is 2.82. The number of hydrogen-bond acceptors (Lipinski definition) is 5. The van der Waals surface area contributed by atoms with Crippen LogP contribution in [0.25, 0.3) is 0 Å². The Labute approximate surface area is 127 Å². The standard InChI is InChI=1S/C12H13N5O2S2/c1-8-6-14-12(15-7-8)17-21(18,19)10-4-2-9(3-5-10)16-11(13)20/h2-7H,1H3,(H3,13,16,20)(H,14,15,17). The fourth-order valence-corrected chi connectivity index (χ4v) is 2.56. The summed E-state index contributed by atoms with van der Waals surface area (Å²) in [6.07, 6.45) is 3.06. The van der Waals surface area contributed by atoms with Crippen LogP contribution in [0.2, 0.25) is 0 Å². The Morgan fingerprint density at radius 3 is 2.29 bits per heavy atom. The van der Waals surface area contributed by atoms with Gasteiger partial charge >= 0.3 is 0 Å². The molecule has 0 saturated carbocycles. The molecule has 110 valence electrons. The van der Waals surface area contributed by atoms with Gasteiger partial charge in [0.05, 0.1) is 4.90 Å². The highest BCUT2D eigenvalue weighted by Crippen LogP contribution is 2.16. The van der Waals surface area contributed by atoms with Crippen molar-refractivity contribution in [3.05, 3.63) is 42.2 Å². The molecule has 0 aliphatic rings. The second kappa shape index (κ2) is 6.02. The van der Waals surface area contributed by atoms with Crippen LogP contribution in [0.4, 0.5) is 11.6 Å². The molecule has 0 bridgehead atoms. The molecule has 7 nitrogen and oxygen atoms in total. The van der Waals surface area contributed by atoms with Crippen molar-refractivity contribution in [3.8, 4) is 0 Å². The molecule has 1 heterocycles. The van der Waals surface area contributed by atoms with Crippen molar-refractivity contribution in [2.75, 3.05) is 10.0 Å². The van der Waals surface area contributed by atoms with E-state index >= 15 is 0 Å². The zero-order valence-electron chi connectivity index (χ0n) is 11.1. The number of nitrogens with two attached hydrogens (primary N) is 1. The number of aryl methyl sites for hydroxylation is 1. The molecule has 4 N–H and O–H groups in total. The number of nitrogens with one attached hydrogen (secondary N) is 2. The van der Waals surface area contributed by atoms with E-state index in [-0.39, 0.29) is 16.0 Å². The Morgan fingerprint density at radius 1 is 1.19 bits per heavy atom. The molecule has 0 atom stereocenters. The SMILES string of the molecule is Cc1cnc(NS(=O)(=O)c2ccc(NC(N)=S)cc2)nc1. The van der Waals surface area contributed by atoms with Gasteiger partial charge in [-0.05, 0) is 49.0 Å². The summed E-state index contributed by atoms with van der Waals surface area (Å²) in [5.74, 6) is 0.0194. The highest BCUT2D eigenvalue weighted by atomic mass is 32.2. The van der Waals surface area contributed by atoms with Crippen molar-refractivity contribution < 1.29 is 8.42 Å². The monoisotopic (exact) mass is 323 g/mol. The molecule has 0 amide bonds. The molecular formula is C12H13N5O2S2. The number of rotatable bonds is 4. The lowest BCUT2D eigenvalue weighted by Crippen LogP contribution is -2.19. The fraction of sp³-hybridized carbons (Fsp3) is 0.0833. The minimum atomic E-state index is -3.74. The fourth-order valence-electron chi connectivity index (χ4n) is 1.48. The lowest BCUT2D eigenvalue weighted by atomic mass is 10.3. The maximum atomic E-state index is 12.2. The molecule has 0 radical (unpaired) electrons. The van der Waals surface area contributed by atoms with Crippen LogP contribution in [-0.2, 0) is 10.0 Å². The largest absolute Gasteiger partial charge is 0.376 e. The molecule has 0 fully saturated rings. The summed E-state index contributed by atoms with van der Waals surface area (Å²) >= 11 is 4.70. The first-order valence-corrected chi connectivity index (χ1v) is 7.74. The van der Waals surface area contributed by atoms with Gasteiger partial charge in [-0.3, -0.25) is 0 Å². The van der Waals surface area contributed by atoms with E-state index in [1.807, 2.05) is 6.92 Å². The van der Waals surface area contributed by atoms with Crippen LogP contribution >= 0.6 is 12.2 Å². The number of anilines is 2. The molecule has 0 spiro atoms. The van der Waals surface area contributed by atoms with Crippen LogP contribution in [0, 0.1) is 6.92 Å². The molecule has 2 rings (SSSR count). The van der Waals surface area contributed by atoms with Crippen LogP contribution in [-0.4, -0.2) is 23.5 Å². The van der Waals surface area contributed by atoms with E-state index in [0.717, 1.165) is 5.56 Å². The topological polar surface area (TPSA) is 110 Å². The first-order chi connectivity index (χ1) is 9.87. The molecule has 9 heteroatoms. The average molecular weight is 323 g/mol. The molecular weight excluding hydrogens is 310 g/mol. The molecule has 1 aromatic carbocycles. The van der Waals surface area contributed by atoms with Crippen LogP contribution < -0.4 is 15.8 Å². The van der Waals surface area contributed by atoms with E-state index in [2.05, 4.69) is 20.0 Å². The first kappa shape index (κ1) is 15.1. The zero-order valence-corrected chi connectivity index (χ0v) is 12.7. The summed E-state index contributed by atoms with van der Waals surface area (Å²) in [4.78, 5) is 7.88. The summed E-state index contributed by atoms with van der Waals surface area (Å²) in [7, 11) is -3.74. The van der Waals surface area contributed by atoms with Gasteiger partial charge in [-0.15, -0.1) is 0 Å². The van der Waals surface area contributed by atoms with E-state index in [4.69, 9.17) is 18.0 Å². The second-order valence-electron chi connectivity index (χ2n) is 4.20. The molecule has 1 aromatic heterocycles. The van der Waals surface area contributed by atoms with Crippen LogP contribution in [0.1, 0.15) is 5.56 Å². The Morgan fingerprint density at radius 2 is 1.76 bits per heavy atom. The van der Waals surface area contributed by atoms with Crippen molar-refractivity contribution in [3.63, 3.8) is 0 Å². The van der Waals surface area contributed by atoms with Crippen molar-refractivity contribution in [2.45, 2.75) is 11.8 Å². The number of thiocarbonyl (C=S) groups is 1. The van der Waals surface area contributed by atoms with E-state index in [0.29, 0.717) is 5.69 Å². The number of hydrogen-bond donors (Lipinski definition) is 3. The van der Waals surface area contributed by atoms with Crippen molar-refractivity contribution >= 4 is 39.0 Å². The first-order valence-electron chi connectivity index (χ1n) is 5.85. The van der Waals surface area contributed by atoms with Crippen molar-refractivity contribution in [1.82, 2.24) is 9.97 Å². The highest BCUT2D eigenvalue weighted by Gasteiger charge is 2.15. The Kier molecular flexibility index (Phi) is 4.34. The van der Waals surface area contributed by atoms with Crippen LogP contribution in [0.5, 0.6) is 0 Å². The maximum absolute atomic E-state index is 12.2. The Bertz CT molecular complexity index is 742. The van der Waals surface area contributed by atoms with E-state index < -0.39 is 10.0 Å². The molecule has 0 saturated heterocycles. The third-order valence-electron chi connectivity index (χ3n) is 2.44. The summed E-state index contributed by atoms with van der Waals surface area (Å²) in [5.41, 5.74) is 6.78. The van der Waals surface area contributed by atoms with Gasteiger partial charge in [-0.25, -0.2) is 23.1 Å². The van der Waals surface area contributed by atoms with E-state index in [1.54, 1.807) is 12.1 Å². The van der Waals surface area contributed by atoms with E-state index in [1.165, 1.54) is 24.5 Å². The summed E-state index contributed by atoms with van der Waals surface area (Å²) in [6.45, 7) is 1.81. The van der Waals surface area contributed by atoms with E-state index in [9.17, 15) is 8.42 Å². The lowest BCUT2D eigenvalue weighted by molar-refractivity contribution is 0.601. The van der Waals surface area contributed by atoms with Gasteiger partial charge in [0.25, 0.3) is 10.0 Å². The Hall–Kier alpha value is -2.26. The van der Waals surface area contributed by atoms with Gasteiger partial charge in [0.15, 0.2) is 5.11 Å². The van der Waals surface area contributed by atoms with Crippen molar-refractivity contribution in [1.29, 1.82) is 0 Å². The summed E-state index contributed by atoms with van der Waals surface area (Å²) < 4.78 is 26.6.